The third-order valence-corrected chi connectivity index (χ3v) is 6.83. The van der Waals surface area contributed by atoms with E-state index in [1.165, 1.54) is 42.5 Å². The summed E-state index contributed by atoms with van der Waals surface area (Å²) in [5.74, 6) is 1.54. The first-order valence-corrected chi connectivity index (χ1v) is 11.4. The second kappa shape index (κ2) is 9.52. The highest BCUT2D eigenvalue weighted by Gasteiger charge is 2.30. The molecule has 0 radical (unpaired) electrons. The van der Waals surface area contributed by atoms with E-state index >= 15 is 0 Å². The van der Waals surface area contributed by atoms with Gasteiger partial charge in [-0.25, -0.2) is 0 Å². The number of aliphatic imine (C=N–C) groups is 1. The minimum atomic E-state index is 0. The van der Waals surface area contributed by atoms with Crippen LogP contribution in [0.25, 0.3) is 0 Å². The first-order chi connectivity index (χ1) is 14.2. The number of benzene rings is 1. The van der Waals surface area contributed by atoms with Gasteiger partial charge >= 0.3 is 0 Å². The lowest BCUT2D eigenvalue weighted by Gasteiger charge is -2.31. The average Bonchev–Trinajstić information content (AvgIpc) is 2.97. The Kier molecular flexibility index (Phi) is 6.59. The highest BCUT2D eigenvalue weighted by atomic mass is 16.1. The van der Waals surface area contributed by atoms with Gasteiger partial charge in [0.2, 0.25) is 0 Å². The van der Waals surface area contributed by atoms with Gasteiger partial charge in [0.1, 0.15) is 5.78 Å². The minimum Gasteiger partial charge on any atom is -0.299 e. The second-order valence-corrected chi connectivity index (χ2v) is 9.05. The molecule has 158 valence electrons. The quantitative estimate of drug-likeness (QED) is 0.496. The van der Waals surface area contributed by atoms with Crippen LogP contribution in [0.2, 0.25) is 0 Å². The van der Waals surface area contributed by atoms with E-state index in [4.69, 9.17) is 4.99 Å². The van der Waals surface area contributed by atoms with Crippen molar-refractivity contribution in [2.75, 3.05) is 0 Å². The number of hydrogen-bond donors (Lipinski definition) is 0. The number of nitrogens with zero attached hydrogens (tertiary/aromatic N) is 1. The van der Waals surface area contributed by atoms with Gasteiger partial charge in [0, 0.05) is 28.7 Å². The molecule has 1 aromatic carbocycles. The van der Waals surface area contributed by atoms with Crippen molar-refractivity contribution in [1.82, 2.24) is 0 Å². The number of Topliss-reactive ketones (excluding diaryl/α,β-unsaturated/α-hetero) is 1. The third kappa shape index (κ3) is 5.04. The summed E-state index contributed by atoms with van der Waals surface area (Å²) in [5, 5.41) is 0. The number of carbonyl (C=O) groups is 1. The largest absolute Gasteiger partial charge is 0.299 e. The minimum absolute atomic E-state index is 0. The predicted molar refractivity (Wildman–Crippen MR) is 127 cm³/mol. The van der Waals surface area contributed by atoms with E-state index in [0.717, 1.165) is 32.1 Å². The zero-order chi connectivity index (χ0) is 20.1. The molecular weight excluding hydrogens is 354 g/mol. The van der Waals surface area contributed by atoms with Crippen molar-refractivity contribution in [1.29, 1.82) is 0 Å². The molecule has 2 nitrogen and oxygen atoms in total. The highest BCUT2D eigenvalue weighted by molar-refractivity contribution is 6.05. The molecule has 29 heavy (non-hydrogen) atoms. The third-order valence-electron chi connectivity index (χ3n) is 6.83. The Morgan fingerprint density at radius 1 is 1.21 bits per heavy atom. The summed E-state index contributed by atoms with van der Waals surface area (Å²) in [5.41, 5.74) is 5.50. The van der Waals surface area contributed by atoms with Crippen molar-refractivity contribution in [2.45, 2.75) is 64.7 Å². The second-order valence-electron chi connectivity index (χ2n) is 9.05. The monoisotopic (exact) mass is 393 g/mol. The zero-order valence-corrected chi connectivity index (χ0v) is 17.6. The van der Waals surface area contributed by atoms with Gasteiger partial charge in [0.15, 0.2) is 0 Å². The Hall–Kier alpha value is -2.22. The molecule has 4 rings (SSSR count). The molecule has 1 fully saturated rings. The number of ketones is 1. The normalized spacial score (nSPS) is 25.2. The maximum atomic E-state index is 12.9. The van der Waals surface area contributed by atoms with Gasteiger partial charge in [-0.05, 0) is 62.0 Å². The van der Waals surface area contributed by atoms with Gasteiger partial charge in [-0.1, -0.05) is 67.5 Å². The van der Waals surface area contributed by atoms with Gasteiger partial charge < -0.3 is 0 Å². The molecular formula is C27H39NO. The van der Waals surface area contributed by atoms with Crippen molar-refractivity contribution in [2.24, 2.45) is 22.7 Å². The van der Waals surface area contributed by atoms with Crippen molar-refractivity contribution in [3.05, 3.63) is 71.5 Å². The molecule has 3 atom stereocenters. The highest BCUT2D eigenvalue weighted by Crippen LogP contribution is 2.37. The first kappa shape index (κ1) is 20.1. The van der Waals surface area contributed by atoms with Crippen LogP contribution in [0.15, 0.2) is 70.9 Å². The summed E-state index contributed by atoms with van der Waals surface area (Å²) in [6, 6.07) is 10.4. The van der Waals surface area contributed by atoms with E-state index in [9.17, 15) is 4.79 Å². The van der Waals surface area contributed by atoms with E-state index in [2.05, 4.69) is 49.4 Å². The zero-order valence-electron chi connectivity index (χ0n) is 17.6. The van der Waals surface area contributed by atoms with Crippen molar-refractivity contribution >= 4 is 11.5 Å². The average molecular weight is 394 g/mol. The summed E-state index contributed by atoms with van der Waals surface area (Å²) < 4.78 is 0. The molecule has 0 amide bonds. The molecule has 0 N–H and O–H groups in total. The topological polar surface area (TPSA) is 29.4 Å². The number of allylic oxidation sites excluding steroid dienone is 5. The maximum Gasteiger partial charge on any atom is 0.136 e. The van der Waals surface area contributed by atoms with Crippen LogP contribution < -0.4 is 0 Å². The molecule has 0 spiro atoms. The van der Waals surface area contributed by atoms with Crippen LogP contribution in [-0.2, 0) is 11.2 Å². The lowest BCUT2D eigenvalue weighted by molar-refractivity contribution is -0.123. The van der Waals surface area contributed by atoms with Crippen molar-refractivity contribution in [3.8, 4) is 0 Å². The molecule has 0 aromatic heterocycles. The fourth-order valence-corrected chi connectivity index (χ4v) is 5.20. The molecule has 1 aliphatic heterocycles. The van der Waals surface area contributed by atoms with E-state index in [1.54, 1.807) is 5.57 Å². The van der Waals surface area contributed by atoms with E-state index in [1.807, 2.05) is 12.3 Å². The summed E-state index contributed by atoms with van der Waals surface area (Å²) >= 11 is 0. The standard InChI is InChI=1S/C27H33NO.3H2/c1-20(17-21-9-3-2-4-10-21)26(29)19-22-11-7-13-24(18-22)27-25-15-6-5-12-23(25)14-8-16-28-27;;;/h2-4,6,8-10,15-16,20,22,24H,5,7,11-14,17-19H2,1H3;3*1H/t20-,22+,24?;;;/m0.../s1. The predicted octanol–water partition coefficient (Wildman–Crippen LogP) is 7.37. The van der Waals surface area contributed by atoms with Gasteiger partial charge in [0.25, 0.3) is 0 Å². The van der Waals surface area contributed by atoms with Gasteiger partial charge in [0.05, 0.1) is 5.71 Å². The van der Waals surface area contributed by atoms with Gasteiger partial charge in [-0.3, -0.25) is 9.79 Å². The van der Waals surface area contributed by atoms with Crippen LogP contribution in [0.1, 0.15) is 68.1 Å². The van der Waals surface area contributed by atoms with E-state index in [0.29, 0.717) is 17.6 Å². The Morgan fingerprint density at radius 3 is 2.93 bits per heavy atom. The van der Waals surface area contributed by atoms with Crippen molar-refractivity contribution in [3.63, 3.8) is 0 Å². The Labute approximate surface area is 180 Å². The van der Waals surface area contributed by atoms with Crippen LogP contribution in [0.5, 0.6) is 0 Å². The molecule has 1 saturated carbocycles. The van der Waals surface area contributed by atoms with Crippen LogP contribution in [0, 0.1) is 17.8 Å². The number of hydrogen-bond acceptors (Lipinski definition) is 2. The van der Waals surface area contributed by atoms with Crippen LogP contribution in [-0.4, -0.2) is 11.5 Å². The molecule has 0 saturated heterocycles. The molecule has 1 aromatic rings. The van der Waals surface area contributed by atoms with E-state index in [-0.39, 0.29) is 10.2 Å². The van der Waals surface area contributed by atoms with Crippen LogP contribution >= 0.6 is 0 Å². The van der Waals surface area contributed by atoms with Crippen molar-refractivity contribution < 1.29 is 9.07 Å². The fraction of sp³-hybridized carbons (Fsp3) is 0.481. The summed E-state index contributed by atoms with van der Waals surface area (Å²) in [4.78, 5) is 17.8. The maximum absolute atomic E-state index is 12.9. The van der Waals surface area contributed by atoms with Gasteiger partial charge in [-0.15, -0.1) is 0 Å². The Morgan fingerprint density at radius 2 is 2.07 bits per heavy atom. The van der Waals surface area contributed by atoms with E-state index < -0.39 is 0 Å². The molecule has 0 bridgehead atoms. The Bertz CT molecular complexity index is 857. The molecule has 1 heterocycles. The molecule has 3 aliphatic rings. The first-order valence-electron chi connectivity index (χ1n) is 11.4. The van der Waals surface area contributed by atoms with Crippen LogP contribution in [0.3, 0.4) is 0 Å². The molecule has 2 aliphatic carbocycles. The molecule has 1 unspecified atom stereocenters. The number of carbonyl (C=O) groups excluding carboxylic acids is 1. The summed E-state index contributed by atoms with van der Waals surface area (Å²) in [7, 11) is 0. The lowest BCUT2D eigenvalue weighted by Crippen LogP contribution is -2.27. The lowest BCUT2D eigenvalue weighted by atomic mass is 9.73. The summed E-state index contributed by atoms with van der Waals surface area (Å²) in [6.07, 6.45) is 18.5. The summed E-state index contributed by atoms with van der Waals surface area (Å²) in [6.45, 7) is 2.10. The Balaban J connectivity index is 0.00000171. The van der Waals surface area contributed by atoms with Crippen LogP contribution in [0.4, 0.5) is 0 Å². The smallest absolute Gasteiger partial charge is 0.136 e. The SMILES string of the molecule is C[C@@H](Cc1ccccc1)C(=O)C[C@@H]1CCCC(C2=NC=CCC3=C2C=CCC3)C1.[HH].[HH].[HH]. The fourth-order valence-electron chi connectivity index (χ4n) is 5.20. The van der Waals surface area contributed by atoms with Gasteiger partial charge in [-0.2, -0.15) is 0 Å². The molecule has 2 heteroatoms. The number of rotatable bonds is 6.